The summed E-state index contributed by atoms with van der Waals surface area (Å²) in [5.74, 6) is -0.758. The van der Waals surface area contributed by atoms with Crippen LogP contribution in [0.3, 0.4) is 0 Å². The summed E-state index contributed by atoms with van der Waals surface area (Å²) in [6.45, 7) is 0.109. The maximum absolute atomic E-state index is 13.6. The van der Waals surface area contributed by atoms with Gasteiger partial charge in [0.1, 0.15) is 10.7 Å². The van der Waals surface area contributed by atoms with E-state index in [-0.39, 0.29) is 11.4 Å². The van der Waals surface area contributed by atoms with E-state index in [0.29, 0.717) is 0 Å². The van der Waals surface area contributed by atoms with Gasteiger partial charge in [0.25, 0.3) is 0 Å². The van der Waals surface area contributed by atoms with Crippen molar-refractivity contribution in [3.8, 4) is 0 Å². The van der Waals surface area contributed by atoms with Crippen molar-refractivity contribution in [1.29, 1.82) is 0 Å². The van der Waals surface area contributed by atoms with E-state index in [4.69, 9.17) is 0 Å². The van der Waals surface area contributed by atoms with Crippen molar-refractivity contribution in [3.63, 3.8) is 0 Å². The predicted molar refractivity (Wildman–Crippen MR) is 78.7 cm³/mol. The first-order valence-electron chi connectivity index (χ1n) is 6.36. The summed E-state index contributed by atoms with van der Waals surface area (Å²) >= 11 is 0. The monoisotopic (exact) mass is 304 g/mol. The molecule has 0 saturated carbocycles. The van der Waals surface area contributed by atoms with Gasteiger partial charge in [-0.15, -0.1) is 0 Å². The molecular formula is C15H13FN2O2S. The van der Waals surface area contributed by atoms with Crippen molar-refractivity contribution in [2.45, 2.75) is 11.4 Å². The first kappa shape index (κ1) is 13.8. The normalized spacial score (nSPS) is 11.9. The molecule has 1 aromatic heterocycles. The Labute approximate surface area is 121 Å². The molecule has 2 aromatic carbocycles. The van der Waals surface area contributed by atoms with E-state index in [9.17, 15) is 12.8 Å². The average molecular weight is 304 g/mol. The number of nitrogens with one attached hydrogen (secondary N) is 2. The largest absolute Gasteiger partial charge is 0.361 e. The molecule has 21 heavy (non-hydrogen) atoms. The number of hydrogen-bond donors (Lipinski definition) is 2. The molecule has 0 saturated heterocycles. The van der Waals surface area contributed by atoms with E-state index in [2.05, 4.69) is 9.71 Å². The van der Waals surface area contributed by atoms with Crippen LogP contribution in [0.25, 0.3) is 10.9 Å². The van der Waals surface area contributed by atoms with Gasteiger partial charge in [-0.3, -0.25) is 0 Å². The molecule has 108 valence electrons. The highest BCUT2D eigenvalue weighted by Crippen LogP contribution is 2.16. The molecule has 3 rings (SSSR count). The highest BCUT2D eigenvalue weighted by molar-refractivity contribution is 7.89. The Hall–Kier alpha value is -2.18. The number of H-pyrrole nitrogens is 1. The van der Waals surface area contributed by atoms with Gasteiger partial charge in [-0.25, -0.2) is 17.5 Å². The zero-order valence-corrected chi connectivity index (χ0v) is 11.8. The summed E-state index contributed by atoms with van der Waals surface area (Å²) in [5.41, 5.74) is 1.79. The number of fused-ring (bicyclic) bond motifs is 1. The van der Waals surface area contributed by atoms with E-state index in [1.54, 1.807) is 0 Å². The molecule has 0 radical (unpaired) electrons. The fourth-order valence-electron chi connectivity index (χ4n) is 2.13. The minimum absolute atomic E-state index is 0.109. The Morgan fingerprint density at radius 2 is 1.90 bits per heavy atom. The van der Waals surface area contributed by atoms with Crippen molar-refractivity contribution in [2.75, 3.05) is 0 Å². The maximum Gasteiger partial charge on any atom is 0.243 e. The number of hydrogen-bond acceptors (Lipinski definition) is 2. The molecule has 1 heterocycles. The Kier molecular flexibility index (Phi) is 3.48. The Morgan fingerprint density at radius 3 is 2.71 bits per heavy atom. The number of rotatable bonds is 4. The van der Waals surface area contributed by atoms with Crippen molar-refractivity contribution >= 4 is 20.9 Å². The third-order valence-electron chi connectivity index (χ3n) is 3.21. The summed E-state index contributed by atoms with van der Waals surface area (Å²) in [6, 6.07) is 12.8. The van der Waals surface area contributed by atoms with E-state index >= 15 is 0 Å². The second kappa shape index (κ2) is 5.31. The van der Waals surface area contributed by atoms with E-state index < -0.39 is 15.8 Å². The molecular weight excluding hydrogens is 291 g/mol. The van der Waals surface area contributed by atoms with Gasteiger partial charge in [0.05, 0.1) is 0 Å². The third-order valence-corrected chi connectivity index (χ3v) is 4.64. The van der Waals surface area contributed by atoms with Gasteiger partial charge in [-0.1, -0.05) is 18.2 Å². The van der Waals surface area contributed by atoms with Gasteiger partial charge >= 0.3 is 0 Å². The third kappa shape index (κ3) is 2.81. The minimum atomic E-state index is -3.86. The van der Waals surface area contributed by atoms with Crippen LogP contribution >= 0.6 is 0 Å². The molecule has 4 nitrogen and oxygen atoms in total. The molecule has 2 N–H and O–H groups in total. The zero-order valence-electron chi connectivity index (χ0n) is 11.0. The van der Waals surface area contributed by atoms with E-state index in [1.807, 2.05) is 30.5 Å². The quantitative estimate of drug-likeness (QED) is 0.778. The molecule has 3 aromatic rings. The van der Waals surface area contributed by atoms with Crippen LogP contribution in [0.4, 0.5) is 4.39 Å². The predicted octanol–water partition coefficient (Wildman–Crippen LogP) is 2.79. The van der Waals surface area contributed by atoms with Crippen LogP contribution in [0.5, 0.6) is 0 Å². The fraction of sp³-hybridized carbons (Fsp3) is 0.0667. The smallest absolute Gasteiger partial charge is 0.243 e. The van der Waals surface area contributed by atoms with Gasteiger partial charge in [0.2, 0.25) is 10.0 Å². The summed E-state index contributed by atoms with van der Waals surface area (Å²) in [7, 11) is -3.86. The maximum atomic E-state index is 13.6. The Balaban J connectivity index is 1.81. The summed E-state index contributed by atoms with van der Waals surface area (Å²) in [6.07, 6.45) is 1.82. The number of aromatic amines is 1. The van der Waals surface area contributed by atoms with Crippen molar-refractivity contribution < 1.29 is 12.8 Å². The van der Waals surface area contributed by atoms with Crippen molar-refractivity contribution in [3.05, 3.63) is 66.1 Å². The van der Waals surface area contributed by atoms with Crippen LogP contribution in [-0.2, 0) is 16.6 Å². The van der Waals surface area contributed by atoms with Crippen LogP contribution in [0.2, 0.25) is 0 Å². The summed E-state index contributed by atoms with van der Waals surface area (Å²) < 4.78 is 40.1. The minimum Gasteiger partial charge on any atom is -0.361 e. The van der Waals surface area contributed by atoms with Crippen LogP contribution < -0.4 is 4.72 Å². The van der Waals surface area contributed by atoms with Crippen LogP contribution in [0.1, 0.15) is 5.56 Å². The molecule has 0 spiro atoms. The first-order chi connectivity index (χ1) is 10.1. The summed E-state index contributed by atoms with van der Waals surface area (Å²) in [4.78, 5) is 2.72. The molecule has 0 bridgehead atoms. The van der Waals surface area contributed by atoms with Crippen molar-refractivity contribution in [2.24, 2.45) is 0 Å². The van der Waals surface area contributed by atoms with Gasteiger partial charge in [-0.05, 0) is 41.3 Å². The SMILES string of the molecule is O=S(=O)(NCc1ccc2[nH]ccc2c1)c1ccccc1F. The Morgan fingerprint density at radius 1 is 1.10 bits per heavy atom. The second-order valence-electron chi connectivity index (χ2n) is 4.65. The second-order valence-corrected chi connectivity index (χ2v) is 6.39. The van der Waals surface area contributed by atoms with Crippen LogP contribution in [-0.4, -0.2) is 13.4 Å². The van der Waals surface area contributed by atoms with Gasteiger partial charge in [0.15, 0.2) is 0 Å². The molecule has 0 aliphatic rings. The summed E-state index contributed by atoms with van der Waals surface area (Å²) in [5, 5.41) is 0.998. The molecule has 0 aliphatic heterocycles. The Bertz CT molecular complexity index is 887. The molecule has 6 heteroatoms. The number of aromatic nitrogens is 1. The lowest BCUT2D eigenvalue weighted by Crippen LogP contribution is -2.24. The lowest BCUT2D eigenvalue weighted by atomic mass is 10.1. The molecule has 0 aliphatic carbocycles. The van der Waals surface area contributed by atoms with E-state index in [1.165, 1.54) is 18.2 Å². The van der Waals surface area contributed by atoms with Crippen molar-refractivity contribution in [1.82, 2.24) is 9.71 Å². The molecule has 0 amide bonds. The first-order valence-corrected chi connectivity index (χ1v) is 7.85. The van der Waals surface area contributed by atoms with Gasteiger partial charge in [0, 0.05) is 18.3 Å². The lowest BCUT2D eigenvalue weighted by molar-refractivity contribution is 0.557. The van der Waals surface area contributed by atoms with Crippen LogP contribution in [0.15, 0.2) is 59.6 Å². The van der Waals surface area contributed by atoms with Gasteiger partial charge < -0.3 is 4.98 Å². The molecule has 0 fully saturated rings. The lowest BCUT2D eigenvalue weighted by Gasteiger charge is -2.07. The highest BCUT2D eigenvalue weighted by Gasteiger charge is 2.17. The average Bonchev–Trinajstić information content (AvgIpc) is 2.93. The number of benzene rings is 2. The molecule has 0 atom stereocenters. The van der Waals surface area contributed by atoms with Crippen LogP contribution in [0, 0.1) is 5.82 Å². The number of sulfonamides is 1. The van der Waals surface area contributed by atoms with Gasteiger partial charge in [-0.2, -0.15) is 0 Å². The number of halogens is 1. The standard InChI is InChI=1S/C15H13FN2O2S/c16-13-3-1-2-4-15(13)21(19,20)18-10-11-5-6-14-12(9-11)7-8-17-14/h1-9,17-18H,10H2. The zero-order chi connectivity index (χ0) is 14.9. The fourth-order valence-corrected chi connectivity index (χ4v) is 3.23. The van der Waals surface area contributed by atoms with E-state index in [0.717, 1.165) is 22.5 Å². The topological polar surface area (TPSA) is 62.0 Å². The highest BCUT2D eigenvalue weighted by atomic mass is 32.2. The molecule has 0 unspecified atom stereocenters.